The Balaban J connectivity index is 1.90. The summed E-state index contributed by atoms with van der Waals surface area (Å²) in [5.74, 6) is 1.05. The highest BCUT2D eigenvalue weighted by molar-refractivity contribution is 7.17. The Hall–Kier alpha value is -1.72. The number of hydrogen-bond acceptors (Lipinski definition) is 4. The van der Waals surface area contributed by atoms with Crippen LogP contribution >= 0.6 is 11.3 Å². The molecule has 2 heterocycles. The van der Waals surface area contributed by atoms with E-state index in [9.17, 15) is 0 Å². The van der Waals surface area contributed by atoms with Gasteiger partial charge < -0.3 is 5.32 Å². The van der Waals surface area contributed by atoms with Crippen molar-refractivity contribution in [2.45, 2.75) is 32.4 Å². The van der Waals surface area contributed by atoms with Gasteiger partial charge in [-0.05, 0) is 35.9 Å². The number of aromatic nitrogens is 3. The SMILES string of the molecule is CCCn1ncnc1CC(NC)c1csc2ccccc12. The Bertz CT molecular complexity index is 716. The number of nitrogens with one attached hydrogen (secondary N) is 1. The Labute approximate surface area is 128 Å². The van der Waals surface area contributed by atoms with E-state index in [4.69, 9.17) is 0 Å². The minimum Gasteiger partial charge on any atom is -0.313 e. The van der Waals surface area contributed by atoms with Crippen molar-refractivity contribution >= 4 is 21.4 Å². The summed E-state index contributed by atoms with van der Waals surface area (Å²) < 4.78 is 3.35. The maximum absolute atomic E-state index is 4.43. The number of nitrogens with zero attached hydrogens (tertiary/aromatic N) is 3. The maximum atomic E-state index is 4.43. The van der Waals surface area contributed by atoms with Gasteiger partial charge in [0.15, 0.2) is 0 Å². The molecule has 0 fully saturated rings. The van der Waals surface area contributed by atoms with Crippen molar-refractivity contribution in [3.63, 3.8) is 0 Å². The van der Waals surface area contributed by atoms with Crippen molar-refractivity contribution in [2.75, 3.05) is 7.05 Å². The zero-order valence-corrected chi connectivity index (χ0v) is 13.2. The molecule has 0 bridgehead atoms. The maximum Gasteiger partial charge on any atom is 0.138 e. The number of hydrogen-bond donors (Lipinski definition) is 1. The first-order chi connectivity index (χ1) is 10.3. The molecule has 0 aliphatic heterocycles. The van der Waals surface area contributed by atoms with Gasteiger partial charge in [-0.25, -0.2) is 4.98 Å². The van der Waals surface area contributed by atoms with E-state index >= 15 is 0 Å². The second-order valence-electron chi connectivity index (χ2n) is 5.13. The average molecular weight is 300 g/mol. The summed E-state index contributed by atoms with van der Waals surface area (Å²) in [7, 11) is 2.01. The zero-order chi connectivity index (χ0) is 14.7. The summed E-state index contributed by atoms with van der Waals surface area (Å²) in [6.07, 6.45) is 3.59. The predicted octanol–water partition coefficient (Wildman–Crippen LogP) is 3.41. The third kappa shape index (κ3) is 2.84. The molecule has 3 aromatic rings. The number of thiophene rings is 1. The third-order valence-electron chi connectivity index (χ3n) is 3.75. The standard InChI is InChI=1S/C16H20N4S/c1-3-8-20-16(18-11-19-20)9-14(17-2)13-10-21-15-7-5-4-6-12(13)15/h4-7,10-11,14,17H,3,8-9H2,1-2H3. The van der Waals surface area contributed by atoms with Crippen molar-refractivity contribution in [3.05, 3.63) is 47.4 Å². The lowest BCUT2D eigenvalue weighted by Crippen LogP contribution is -2.21. The zero-order valence-electron chi connectivity index (χ0n) is 12.4. The van der Waals surface area contributed by atoms with E-state index in [-0.39, 0.29) is 6.04 Å². The molecule has 4 nitrogen and oxygen atoms in total. The van der Waals surface area contributed by atoms with Crippen molar-refractivity contribution in [1.29, 1.82) is 0 Å². The van der Waals surface area contributed by atoms with E-state index in [1.807, 2.05) is 11.7 Å². The second kappa shape index (κ2) is 6.37. The molecule has 0 radical (unpaired) electrons. The van der Waals surface area contributed by atoms with E-state index in [1.54, 1.807) is 17.7 Å². The van der Waals surface area contributed by atoms with Crippen LogP contribution in [-0.4, -0.2) is 21.8 Å². The molecule has 0 saturated carbocycles. The summed E-state index contributed by atoms with van der Waals surface area (Å²) in [4.78, 5) is 4.43. The van der Waals surface area contributed by atoms with Crippen LogP contribution in [0.2, 0.25) is 0 Å². The van der Waals surface area contributed by atoms with Gasteiger partial charge in [-0.3, -0.25) is 4.68 Å². The largest absolute Gasteiger partial charge is 0.313 e. The van der Waals surface area contributed by atoms with E-state index in [0.717, 1.165) is 25.2 Å². The molecule has 1 atom stereocenters. The van der Waals surface area contributed by atoms with Crippen molar-refractivity contribution in [2.24, 2.45) is 0 Å². The molecule has 110 valence electrons. The van der Waals surface area contributed by atoms with Gasteiger partial charge in [-0.1, -0.05) is 25.1 Å². The van der Waals surface area contributed by atoms with Crippen LogP contribution < -0.4 is 5.32 Å². The minimum atomic E-state index is 0.265. The third-order valence-corrected chi connectivity index (χ3v) is 4.73. The normalized spacial score (nSPS) is 12.9. The van der Waals surface area contributed by atoms with Crippen molar-refractivity contribution in [3.8, 4) is 0 Å². The van der Waals surface area contributed by atoms with Crippen LogP contribution in [-0.2, 0) is 13.0 Å². The van der Waals surface area contributed by atoms with E-state index in [2.05, 4.69) is 52.0 Å². The molecule has 3 rings (SSSR count). The molecule has 1 aromatic carbocycles. The summed E-state index contributed by atoms with van der Waals surface area (Å²) in [5.41, 5.74) is 1.35. The van der Waals surface area contributed by atoms with Gasteiger partial charge in [0.05, 0.1) is 0 Å². The van der Waals surface area contributed by atoms with Crippen LogP contribution in [0.15, 0.2) is 36.0 Å². The highest BCUT2D eigenvalue weighted by Crippen LogP contribution is 2.31. The molecule has 1 unspecified atom stereocenters. The summed E-state index contributed by atoms with van der Waals surface area (Å²) in [6.45, 7) is 3.09. The average Bonchev–Trinajstić information content (AvgIpc) is 3.12. The van der Waals surface area contributed by atoms with Gasteiger partial charge in [-0.15, -0.1) is 11.3 Å². The van der Waals surface area contributed by atoms with E-state index in [1.165, 1.54) is 15.6 Å². The lowest BCUT2D eigenvalue weighted by Gasteiger charge is -2.16. The number of aryl methyl sites for hydroxylation is 1. The fourth-order valence-corrected chi connectivity index (χ4v) is 3.68. The molecule has 0 spiro atoms. The van der Waals surface area contributed by atoms with Gasteiger partial charge in [0.2, 0.25) is 0 Å². The number of fused-ring (bicyclic) bond motifs is 1. The lowest BCUT2D eigenvalue weighted by atomic mass is 10.0. The second-order valence-corrected chi connectivity index (χ2v) is 6.04. The molecule has 0 saturated heterocycles. The fourth-order valence-electron chi connectivity index (χ4n) is 2.66. The van der Waals surface area contributed by atoms with Crippen molar-refractivity contribution in [1.82, 2.24) is 20.1 Å². The molecule has 5 heteroatoms. The molecule has 2 aromatic heterocycles. The molecular weight excluding hydrogens is 280 g/mol. The first-order valence-electron chi connectivity index (χ1n) is 7.33. The molecule has 21 heavy (non-hydrogen) atoms. The highest BCUT2D eigenvalue weighted by atomic mass is 32.1. The highest BCUT2D eigenvalue weighted by Gasteiger charge is 2.17. The van der Waals surface area contributed by atoms with Crippen molar-refractivity contribution < 1.29 is 0 Å². The van der Waals surface area contributed by atoms with Crippen LogP contribution in [0.25, 0.3) is 10.1 Å². The Kier molecular flexibility index (Phi) is 4.31. The first-order valence-corrected chi connectivity index (χ1v) is 8.21. The van der Waals surface area contributed by atoms with Crippen LogP contribution in [0.4, 0.5) is 0 Å². The van der Waals surface area contributed by atoms with E-state index in [0.29, 0.717) is 0 Å². The molecular formula is C16H20N4S. The predicted molar refractivity (Wildman–Crippen MR) is 87.6 cm³/mol. The summed E-state index contributed by atoms with van der Waals surface area (Å²) in [6, 6.07) is 8.83. The quantitative estimate of drug-likeness (QED) is 0.758. The van der Waals surface area contributed by atoms with Gasteiger partial charge in [0.25, 0.3) is 0 Å². The first kappa shape index (κ1) is 14.2. The number of likely N-dealkylation sites (N-methyl/N-ethyl adjacent to an activating group) is 1. The van der Waals surface area contributed by atoms with E-state index < -0.39 is 0 Å². The van der Waals surface area contributed by atoms with Crippen LogP contribution in [0, 0.1) is 0 Å². The van der Waals surface area contributed by atoms with Gasteiger partial charge in [0.1, 0.15) is 12.2 Å². The Morgan fingerprint density at radius 3 is 3.00 bits per heavy atom. The number of benzene rings is 1. The fraction of sp³-hybridized carbons (Fsp3) is 0.375. The number of rotatable bonds is 6. The summed E-state index contributed by atoms with van der Waals surface area (Å²) in [5, 5.41) is 11.3. The smallest absolute Gasteiger partial charge is 0.138 e. The minimum absolute atomic E-state index is 0.265. The lowest BCUT2D eigenvalue weighted by molar-refractivity contribution is 0.519. The topological polar surface area (TPSA) is 42.7 Å². The molecule has 0 aliphatic carbocycles. The van der Waals surface area contributed by atoms with Crippen LogP contribution in [0.5, 0.6) is 0 Å². The molecule has 1 N–H and O–H groups in total. The Morgan fingerprint density at radius 2 is 2.19 bits per heavy atom. The van der Waals surface area contributed by atoms with Crippen LogP contribution in [0.3, 0.4) is 0 Å². The van der Waals surface area contributed by atoms with Crippen LogP contribution in [0.1, 0.15) is 30.8 Å². The Morgan fingerprint density at radius 1 is 1.33 bits per heavy atom. The van der Waals surface area contributed by atoms with Gasteiger partial charge in [-0.2, -0.15) is 5.10 Å². The van der Waals surface area contributed by atoms with Gasteiger partial charge >= 0.3 is 0 Å². The van der Waals surface area contributed by atoms with Gasteiger partial charge in [0, 0.05) is 23.7 Å². The molecule has 0 aliphatic rings. The molecule has 0 amide bonds. The monoisotopic (exact) mass is 300 g/mol. The summed E-state index contributed by atoms with van der Waals surface area (Å²) >= 11 is 1.80.